The molecule has 160 valence electrons. The molecule has 0 saturated heterocycles. The summed E-state index contributed by atoms with van der Waals surface area (Å²) in [6.45, 7) is 11.2. The van der Waals surface area contributed by atoms with E-state index in [0.717, 1.165) is 33.8 Å². The summed E-state index contributed by atoms with van der Waals surface area (Å²) < 4.78 is 2.04. The molecule has 1 aromatic heterocycles. The molecule has 3 heteroatoms. The molecule has 0 amide bonds. The van der Waals surface area contributed by atoms with Gasteiger partial charge in [-0.15, -0.1) is 5.54 Å². The van der Waals surface area contributed by atoms with Crippen LogP contribution in [0.5, 0.6) is 0 Å². The lowest BCUT2D eigenvalue weighted by molar-refractivity contribution is 0.865. The molecule has 0 N–H and O–H groups in total. The van der Waals surface area contributed by atoms with Crippen LogP contribution in [-0.4, -0.2) is 17.9 Å². The van der Waals surface area contributed by atoms with Gasteiger partial charge in [0.15, 0.2) is 0 Å². The Balaban J connectivity index is 1.75. The summed E-state index contributed by atoms with van der Waals surface area (Å²) in [5, 5.41) is 4.99. The SMILES string of the molecule is CC(C)c1ccc(-c2cc(-c3ccc(C#C[Si](C)(C)C)cc3)nn2-c2ccccc2)cc1. The Kier molecular flexibility index (Phi) is 6.16. The number of nitrogens with zero attached hydrogens (tertiary/aromatic N) is 2. The quantitative estimate of drug-likeness (QED) is 0.239. The first-order chi connectivity index (χ1) is 15.3. The van der Waals surface area contributed by atoms with E-state index in [1.165, 1.54) is 5.56 Å². The monoisotopic (exact) mass is 434 g/mol. The Morgan fingerprint density at radius 1 is 0.781 bits per heavy atom. The number of hydrogen-bond acceptors (Lipinski definition) is 1. The second-order valence-corrected chi connectivity index (χ2v) is 14.3. The second kappa shape index (κ2) is 9.02. The zero-order chi connectivity index (χ0) is 22.7. The number of hydrogen-bond donors (Lipinski definition) is 0. The van der Waals surface area contributed by atoms with E-state index in [9.17, 15) is 0 Å². The number of rotatable bonds is 4. The summed E-state index contributed by atoms with van der Waals surface area (Å²) >= 11 is 0. The van der Waals surface area contributed by atoms with E-state index in [2.05, 4.69) is 112 Å². The Morgan fingerprint density at radius 3 is 2.00 bits per heavy atom. The number of benzene rings is 3. The fraction of sp³-hybridized carbons (Fsp3) is 0.207. The number of aromatic nitrogens is 2. The summed E-state index contributed by atoms with van der Waals surface area (Å²) in [7, 11) is -1.38. The van der Waals surface area contributed by atoms with Crippen LogP contribution in [0.1, 0.15) is 30.9 Å². The normalized spacial score (nSPS) is 11.3. The molecule has 4 rings (SSSR count). The Bertz CT molecular complexity index is 1250. The maximum Gasteiger partial charge on any atom is 0.129 e. The minimum absolute atomic E-state index is 0.515. The van der Waals surface area contributed by atoms with Crippen molar-refractivity contribution in [3.05, 3.63) is 96.1 Å². The molecule has 0 atom stereocenters. The van der Waals surface area contributed by atoms with Crippen LogP contribution in [0.4, 0.5) is 0 Å². The van der Waals surface area contributed by atoms with Crippen molar-refractivity contribution in [2.24, 2.45) is 0 Å². The zero-order valence-electron chi connectivity index (χ0n) is 19.6. The predicted octanol–water partition coefficient (Wildman–Crippen LogP) is 7.56. The van der Waals surface area contributed by atoms with E-state index in [1.807, 2.05) is 22.9 Å². The average molecular weight is 435 g/mol. The largest absolute Gasteiger partial charge is 0.232 e. The van der Waals surface area contributed by atoms with Crippen molar-refractivity contribution in [3.63, 3.8) is 0 Å². The van der Waals surface area contributed by atoms with Gasteiger partial charge in [0, 0.05) is 16.7 Å². The Hall–Kier alpha value is -3.35. The first-order valence-corrected chi connectivity index (χ1v) is 14.7. The molecule has 4 aromatic rings. The molecule has 1 heterocycles. The van der Waals surface area contributed by atoms with E-state index in [4.69, 9.17) is 5.10 Å². The van der Waals surface area contributed by atoms with Crippen molar-refractivity contribution in [2.75, 3.05) is 0 Å². The minimum atomic E-state index is -1.38. The van der Waals surface area contributed by atoms with Crippen LogP contribution in [0.2, 0.25) is 19.6 Å². The van der Waals surface area contributed by atoms with Crippen molar-refractivity contribution in [2.45, 2.75) is 39.4 Å². The molecule has 0 radical (unpaired) electrons. The highest BCUT2D eigenvalue weighted by Gasteiger charge is 2.14. The molecule has 2 nitrogen and oxygen atoms in total. The van der Waals surface area contributed by atoms with Gasteiger partial charge in [0.05, 0.1) is 17.1 Å². The molecule has 0 unspecified atom stereocenters. The summed E-state index contributed by atoms with van der Waals surface area (Å²) in [5.41, 5.74) is 11.2. The van der Waals surface area contributed by atoms with Crippen molar-refractivity contribution in [1.82, 2.24) is 9.78 Å². The third-order valence-corrected chi connectivity index (χ3v) is 6.22. The highest BCUT2D eigenvalue weighted by atomic mass is 28.3. The number of para-hydroxylation sites is 1. The minimum Gasteiger partial charge on any atom is -0.232 e. The molecule has 32 heavy (non-hydrogen) atoms. The summed E-state index contributed by atoms with van der Waals surface area (Å²) in [6.07, 6.45) is 0. The van der Waals surface area contributed by atoms with Gasteiger partial charge in [0.2, 0.25) is 0 Å². The van der Waals surface area contributed by atoms with Crippen molar-refractivity contribution >= 4 is 8.07 Å². The molecule has 0 aliphatic carbocycles. The van der Waals surface area contributed by atoms with Crippen molar-refractivity contribution in [3.8, 4) is 39.7 Å². The molecule has 0 spiro atoms. The van der Waals surface area contributed by atoms with Crippen LogP contribution in [0.25, 0.3) is 28.2 Å². The van der Waals surface area contributed by atoms with Crippen molar-refractivity contribution < 1.29 is 0 Å². The van der Waals surface area contributed by atoms with Crippen LogP contribution < -0.4 is 0 Å². The lowest BCUT2D eigenvalue weighted by Crippen LogP contribution is -2.16. The summed E-state index contributed by atoms with van der Waals surface area (Å²) in [4.78, 5) is 0. The lowest BCUT2D eigenvalue weighted by Gasteiger charge is -2.09. The Morgan fingerprint density at radius 2 is 1.41 bits per heavy atom. The first-order valence-electron chi connectivity index (χ1n) is 11.2. The van der Waals surface area contributed by atoms with E-state index in [1.54, 1.807) is 0 Å². The van der Waals surface area contributed by atoms with Crippen molar-refractivity contribution in [1.29, 1.82) is 0 Å². The van der Waals surface area contributed by atoms with Gasteiger partial charge in [0.1, 0.15) is 8.07 Å². The fourth-order valence-corrected chi connectivity index (χ4v) is 4.04. The second-order valence-electron chi connectivity index (χ2n) is 9.52. The van der Waals surface area contributed by atoms with Gasteiger partial charge in [-0.05, 0) is 41.8 Å². The summed E-state index contributed by atoms with van der Waals surface area (Å²) in [5.74, 6) is 3.85. The highest BCUT2D eigenvalue weighted by molar-refractivity contribution is 6.83. The first kappa shape index (κ1) is 21.9. The third kappa shape index (κ3) is 5.10. The highest BCUT2D eigenvalue weighted by Crippen LogP contribution is 2.30. The lowest BCUT2D eigenvalue weighted by atomic mass is 10.0. The topological polar surface area (TPSA) is 17.8 Å². The average Bonchev–Trinajstić information content (AvgIpc) is 3.24. The molecule has 3 aromatic carbocycles. The van der Waals surface area contributed by atoms with Crippen LogP contribution in [-0.2, 0) is 0 Å². The van der Waals surface area contributed by atoms with E-state index in [-0.39, 0.29) is 0 Å². The fourth-order valence-electron chi connectivity index (χ4n) is 3.52. The maximum atomic E-state index is 4.99. The van der Waals surface area contributed by atoms with Crippen LogP contribution >= 0.6 is 0 Å². The van der Waals surface area contributed by atoms with Crippen LogP contribution in [0.15, 0.2) is 84.9 Å². The molecule has 0 saturated carbocycles. The molecule has 0 fully saturated rings. The van der Waals surface area contributed by atoms with Gasteiger partial charge in [-0.2, -0.15) is 5.10 Å². The van der Waals surface area contributed by atoms with E-state index >= 15 is 0 Å². The molecule has 0 bridgehead atoms. The summed E-state index contributed by atoms with van der Waals surface area (Å²) in [6, 6.07) is 29.8. The smallest absolute Gasteiger partial charge is 0.129 e. The van der Waals surface area contributed by atoms with E-state index in [0.29, 0.717) is 5.92 Å². The predicted molar refractivity (Wildman–Crippen MR) is 139 cm³/mol. The van der Waals surface area contributed by atoms with Gasteiger partial charge >= 0.3 is 0 Å². The van der Waals surface area contributed by atoms with Gasteiger partial charge in [0.25, 0.3) is 0 Å². The van der Waals surface area contributed by atoms with Crippen LogP contribution in [0, 0.1) is 11.5 Å². The van der Waals surface area contributed by atoms with Gasteiger partial charge < -0.3 is 0 Å². The van der Waals surface area contributed by atoms with Crippen LogP contribution in [0.3, 0.4) is 0 Å². The molecule has 0 aliphatic rings. The van der Waals surface area contributed by atoms with Gasteiger partial charge in [-0.1, -0.05) is 94.0 Å². The Labute approximate surface area is 193 Å². The maximum absolute atomic E-state index is 4.99. The van der Waals surface area contributed by atoms with Gasteiger partial charge in [-0.3, -0.25) is 0 Å². The van der Waals surface area contributed by atoms with Gasteiger partial charge in [-0.25, -0.2) is 4.68 Å². The molecule has 0 aliphatic heterocycles. The standard InChI is InChI=1S/C29H30N2Si/c1-22(2)24-15-17-26(18-16-24)29-21-28(30-31(29)27-9-7-6-8-10-27)25-13-11-23(12-14-25)19-20-32(3,4)5/h6-18,21-22H,1-5H3. The van der Waals surface area contributed by atoms with E-state index < -0.39 is 8.07 Å². The molecular weight excluding hydrogens is 404 g/mol. The molecular formula is C29H30N2Si. The third-order valence-electron chi connectivity index (χ3n) is 5.35. The zero-order valence-corrected chi connectivity index (χ0v) is 20.6.